The molecule has 29 heavy (non-hydrogen) atoms. The Morgan fingerprint density at radius 1 is 1.14 bits per heavy atom. The highest BCUT2D eigenvalue weighted by Gasteiger charge is 2.20. The molecule has 0 aliphatic heterocycles. The summed E-state index contributed by atoms with van der Waals surface area (Å²) in [6.45, 7) is 0. The lowest BCUT2D eigenvalue weighted by Crippen LogP contribution is -2.37. The zero-order valence-corrected chi connectivity index (χ0v) is 17.7. The van der Waals surface area contributed by atoms with Gasteiger partial charge < -0.3 is 9.88 Å². The number of rotatable bonds is 6. The van der Waals surface area contributed by atoms with Crippen LogP contribution in [-0.4, -0.2) is 42.2 Å². The maximum Gasteiger partial charge on any atom is 0.230 e. The van der Waals surface area contributed by atoms with E-state index in [0.29, 0.717) is 11.8 Å². The van der Waals surface area contributed by atoms with Gasteiger partial charge in [-0.25, -0.2) is 0 Å². The minimum absolute atomic E-state index is 0.0674. The molecule has 1 aromatic carbocycles. The predicted octanol–water partition coefficient (Wildman–Crippen LogP) is 3.42. The zero-order valence-electron chi connectivity index (χ0n) is 16.8. The topological polar surface area (TPSA) is 77.6 Å². The summed E-state index contributed by atoms with van der Waals surface area (Å²) in [4.78, 5) is 12.3. The van der Waals surface area contributed by atoms with E-state index in [0.717, 1.165) is 40.6 Å². The van der Waals surface area contributed by atoms with Crippen molar-refractivity contribution in [1.29, 1.82) is 0 Å². The summed E-state index contributed by atoms with van der Waals surface area (Å²) in [5.74, 6) is 1.16. The van der Waals surface area contributed by atoms with Gasteiger partial charge in [0.1, 0.15) is 5.69 Å². The number of nitrogens with one attached hydrogen (secondary N) is 1. The smallest absolute Gasteiger partial charge is 0.230 e. The number of aryl methyl sites for hydroxylation is 1. The van der Waals surface area contributed by atoms with Crippen LogP contribution in [0.25, 0.3) is 22.6 Å². The third-order valence-electron chi connectivity index (χ3n) is 5.25. The number of carbonyl (C=O) groups is 1. The second-order valence-corrected chi connectivity index (χ2v) is 8.43. The molecule has 1 N–H and O–H groups in total. The maximum absolute atomic E-state index is 12.3. The molecule has 2 heterocycles. The molecule has 0 bridgehead atoms. The Morgan fingerprint density at radius 3 is 2.66 bits per heavy atom. The second-order valence-electron chi connectivity index (χ2n) is 7.49. The first-order valence-corrected chi connectivity index (χ1v) is 11.0. The van der Waals surface area contributed by atoms with E-state index < -0.39 is 0 Å². The van der Waals surface area contributed by atoms with E-state index in [1.807, 2.05) is 55.2 Å². The molecule has 0 saturated heterocycles. The highest BCUT2D eigenvalue weighted by molar-refractivity contribution is 7.99. The normalized spacial score (nSPS) is 14.8. The van der Waals surface area contributed by atoms with Crippen molar-refractivity contribution >= 4 is 17.7 Å². The van der Waals surface area contributed by atoms with Gasteiger partial charge in [0.05, 0.1) is 11.3 Å². The van der Waals surface area contributed by atoms with Crippen LogP contribution in [0.1, 0.15) is 32.1 Å². The van der Waals surface area contributed by atoms with Crippen molar-refractivity contribution < 1.29 is 4.79 Å². The molecule has 3 aromatic rings. The lowest BCUT2D eigenvalue weighted by molar-refractivity contribution is -0.119. The number of nitrogens with zero attached hydrogens (tertiary/aromatic N) is 5. The standard InChI is InChI=1S/C21H26N6OS/c1-26-13-17(19(25-26)15-9-5-3-6-10-15)20-23-24-21(27(20)2)29-14-18(28)22-16-11-7-4-8-12-16/h3,5-6,9-10,13,16H,4,7-8,11-12,14H2,1-2H3,(H,22,28). The van der Waals surface area contributed by atoms with Gasteiger partial charge in [-0.2, -0.15) is 5.10 Å². The highest BCUT2D eigenvalue weighted by atomic mass is 32.2. The van der Waals surface area contributed by atoms with Crippen molar-refractivity contribution in [3.8, 4) is 22.6 Å². The van der Waals surface area contributed by atoms with Crippen molar-refractivity contribution in [2.75, 3.05) is 5.75 Å². The van der Waals surface area contributed by atoms with Gasteiger partial charge in [0.2, 0.25) is 5.91 Å². The van der Waals surface area contributed by atoms with Crippen molar-refractivity contribution in [2.24, 2.45) is 14.1 Å². The molecule has 152 valence electrons. The number of aromatic nitrogens is 5. The molecule has 8 heteroatoms. The average Bonchev–Trinajstić information content (AvgIpc) is 3.30. The molecular weight excluding hydrogens is 384 g/mol. The van der Waals surface area contributed by atoms with Gasteiger partial charge in [-0.3, -0.25) is 9.48 Å². The van der Waals surface area contributed by atoms with Crippen LogP contribution in [0.2, 0.25) is 0 Å². The number of thioether (sulfide) groups is 1. The Labute approximate surface area is 174 Å². The fourth-order valence-electron chi connectivity index (χ4n) is 3.78. The van der Waals surface area contributed by atoms with Gasteiger partial charge in [-0.05, 0) is 12.8 Å². The first-order chi connectivity index (χ1) is 14.1. The van der Waals surface area contributed by atoms with Crippen molar-refractivity contribution in [1.82, 2.24) is 29.9 Å². The average molecular weight is 411 g/mol. The quantitative estimate of drug-likeness (QED) is 0.630. The Morgan fingerprint density at radius 2 is 1.90 bits per heavy atom. The third kappa shape index (κ3) is 4.53. The van der Waals surface area contributed by atoms with Crippen LogP contribution in [0.4, 0.5) is 0 Å². The van der Waals surface area contributed by atoms with Gasteiger partial charge in [0.25, 0.3) is 0 Å². The molecule has 1 aliphatic carbocycles. The van der Waals surface area contributed by atoms with Crippen LogP contribution < -0.4 is 5.32 Å². The lowest BCUT2D eigenvalue weighted by Gasteiger charge is -2.22. The van der Waals surface area contributed by atoms with E-state index in [1.165, 1.54) is 31.0 Å². The minimum atomic E-state index is 0.0674. The van der Waals surface area contributed by atoms with Crippen LogP contribution in [0.15, 0.2) is 41.7 Å². The molecule has 2 aromatic heterocycles. The Hall–Kier alpha value is -2.61. The number of carbonyl (C=O) groups excluding carboxylic acids is 1. The largest absolute Gasteiger partial charge is 0.353 e. The molecular formula is C21H26N6OS. The fourth-order valence-corrected chi connectivity index (χ4v) is 4.51. The molecule has 1 amide bonds. The van der Waals surface area contributed by atoms with Crippen molar-refractivity contribution in [2.45, 2.75) is 43.3 Å². The van der Waals surface area contributed by atoms with E-state index in [9.17, 15) is 4.79 Å². The molecule has 0 spiro atoms. The monoisotopic (exact) mass is 410 g/mol. The number of amides is 1. The van der Waals surface area contributed by atoms with Gasteiger partial charge in [-0.15, -0.1) is 10.2 Å². The Kier molecular flexibility index (Phi) is 5.99. The minimum Gasteiger partial charge on any atom is -0.353 e. The zero-order chi connectivity index (χ0) is 20.2. The first-order valence-electron chi connectivity index (χ1n) is 10.0. The van der Waals surface area contributed by atoms with Crippen LogP contribution in [-0.2, 0) is 18.9 Å². The molecule has 1 fully saturated rings. The third-order valence-corrected chi connectivity index (χ3v) is 6.27. The van der Waals surface area contributed by atoms with Crippen molar-refractivity contribution in [3.63, 3.8) is 0 Å². The molecule has 0 unspecified atom stereocenters. The van der Waals surface area contributed by atoms with E-state index in [2.05, 4.69) is 20.6 Å². The number of hydrogen-bond acceptors (Lipinski definition) is 5. The lowest BCUT2D eigenvalue weighted by atomic mass is 9.95. The van der Waals surface area contributed by atoms with Crippen LogP contribution in [0, 0.1) is 0 Å². The van der Waals surface area contributed by atoms with E-state index >= 15 is 0 Å². The molecule has 0 atom stereocenters. The maximum atomic E-state index is 12.3. The Bertz CT molecular complexity index is 974. The summed E-state index contributed by atoms with van der Waals surface area (Å²) in [6.07, 6.45) is 7.83. The molecule has 0 radical (unpaired) electrons. The first kappa shape index (κ1) is 19.7. The van der Waals surface area contributed by atoms with E-state index in [1.54, 1.807) is 4.68 Å². The highest BCUT2D eigenvalue weighted by Crippen LogP contribution is 2.31. The molecule has 1 aliphatic rings. The summed E-state index contributed by atoms with van der Waals surface area (Å²) in [5.41, 5.74) is 2.83. The fraction of sp³-hybridized carbons (Fsp3) is 0.429. The second kappa shape index (κ2) is 8.82. The molecule has 7 nitrogen and oxygen atoms in total. The summed E-state index contributed by atoms with van der Waals surface area (Å²) >= 11 is 1.42. The van der Waals surface area contributed by atoms with Gasteiger partial charge in [0, 0.05) is 31.9 Å². The molecule has 1 saturated carbocycles. The van der Waals surface area contributed by atoms with Crippen LogP contribution in [0.3, 0.4) is 0 Å². The summed E-state index contributed by atoms with van der Waals surface area (Å²) < 4.78 is 3.72. The van der Waals surface area contributed by atoms with Crippen LogP contribution >= 0.6 is 11.8 Å². The predicted molar refractivity (Wildman–Crippen MR) is 114 cm³/mol. The van der Waals surface area contributed by atoms with E-state index in [4.69, 9.17) is 0 Å². The van der Waals surface area contributed by atoms with Crippen LogP contribution in [0.5, 0.6) is 0 Å². The summed E-state index contributed by atoms with van der Waals surface area (Å²) in [6, 6.07) is 10.4. The summed E-state index contributed by atoms with van der Waals surface area (Å²) in [7, 11) is 3.83. The SMILES string of the molecule is Cn1cc(-c2nnc(SCC(=O)NC3CCCCC3)n2C)c(-c2ccccc2)n1. The number of hydrogen-bond donors (Lipinski definition) is 1. The van der Waals surface area contributed by atoms with Gasteiger partial charge in [0.15, 0.2) is 11.0 Å². The van der Waals surface area contributed by atoms with E-state index in [-0.39, 0.29) is 5.91 Å². The summed E-state index contributed by atoms with van der Waals surface area (Å²) in [5, 5.41) is 17.2. The van der Waals surface area contributed by atoms with Crippen molar-refractivity contribution in [3.05, 3.63) is 36.5 Å². The van der Waals surface area contributed by atoms with Gasteiger partial charge in [-0.1, -0.05) is 61.4 Å². The Balaban J connectivity index is 1.47. The number of benzene rings is 1. The van der Waals surface area contributed by atoms with Gasteiger partial charge >= 0.3 is 0 Å². The molecule has 4 rings (SSSR count).